The number of nitrogens with zero attached hydrogens (tertiary/aromatic N) is 4. The van der Waals surface area contributed by atoms with Crippen LogP contribution in [-0.4, -0.2) is 74.5 Å². The highest BCUT2D eigenvalue weighted by atomic mass is 35.5. The van der Waals surface area contributed by atoms with Gasteiger partial charge >= 0.3 is 0 Å². The number of hydrogen-bond acceptors (Lipinski definition) is 10. The molecule has 10 nitrogen and oxygen atoms in total. The second kappa shape index (κ2) is 13.0. The van der Waals surface area contributed by atoms with Crippen molar-refractivity contribution in [3.63, 3.8) is 0 Å². The van der Waals surface area contributed by atoms with E-state index < -0.39 is 0 Å². The summed E-state index contributed by atoms with van der Waals surface area (Å²) in [4.78, 5) is 13.8. The first-order valence-electron chi connectivity index (χ1n) is 15.8. The fourth-order valence-electron chi connectivity index (χ4n) is 6.64. The van der Waals surface area contributed by atoms with Crippen LogP contribution in [0.25, 0.3) is 22.2 Å². The zero-order valence-corrected chi connectivity index (χ0v) is 26.8. The van der Waals surface area contributed by atoms with E-state index in [1.807, 2.05) is 24.3 Å². The van der Waals surface area contributed by atoms with Gasteiger partial charge in [-0.1, -0.05) is 23.2 Å². The number of hydrogen-bond donors (Lipinski definition) is 2. The van der Waals surface area contributed by atoms with E-state index in [9.17, 15) is 0 Å². The first kappa shape index (κ1) is 30.1. The third-order valence-corrected chi connectivity index (χ3v) is 9.43. The topological polar surface area (TPSA) is 101 Å². The highest BCUT2D eigenvalue weighted by molar-refractivity contribution is 6.31. The lowest BCUT2D eigenvalue weighted by molar-refractivity contribution is 0.112. The van der Waals surface area contributed by atoms with Gasteiger partial charge < -0.3 is 38.7 Å². The Kier molecular flexibility index (Phi) is 8.90. The van der Waals surface area contributed by atoms with E-state index in [1.165, 1.54) is 0 Å². The number of fused-ring (bicyclic) bond motifs is 2. The van der Waals surface area contributed by atoms with Crippen LogP contribution >= 0.6 is 23.2 Å². The van der Waals surface area contributed by atoms with Gasteiger partial charge in [-0.3, -0.25) is 0 Å². The summed E-state index contributed by atoms with van der Waals surface area (Å²) in [5.41, 5.74) is 5.33. The van der Waals surface area contributed by atoms with Gasteiger partial charge in [-0.05, 0) is 63.8 Å². The number of aromatic nitrogens is 2. The van der Waals surface area contributed by atoms with Crippen LogP contribution in [0.2, 0.25) is 10.0 Å². The molecule has 2 N–H and O–H groups in total. The lowest BCUT2D eigenvalue weighted by Crippen LogP contribution is -2.50. The van der Waals surface area contributed by atoms with Gasteiger partial charge in [0, 0.05) is 85.7 Å². The Bertz CT molecular complexity index is 1480. The molecule has 12 heteroatoms. The zero-order valence-electron chi connectivity index (χ0n) is 25.3. The van der Waals surface area contributed by atoms with Gasteiger partial charge in [0.1, 0.15) is 11.0 Å². The zero-order chi connectivity index (χ0) is 30.2. The molecule has 0 radical (unpaired) electrons. The monoisotopic (exact) mass is 642 g/mol. The maximum absolute atomic E-state index is 6.27. The highest BCUT2D eigenvalue weighted by Gasteiger charge is 2.28. The highest BCUT2D eigenvalue weighted by Crippen LogP contribution is 2.39. The molecule has 0 spiro atoms. The van der Waals surface area contributed by atoms with Crippen LogP contribution in [0.1, 0.15) is 62.9 Å². The summed E-state index contributed by atoms with van der Waals surface area (Å²) in [7, 11) is 0. The van der Waals surface area contributed by atoms with Gasteiger partial charge in [0.15, 0.2) is 11.2 Å². The van der Waals surface area contributed by atoms with Crippen LogP contribution in [0.15, 0.2) is 33.1 Å². The predicted molar refractivity (Wildman–Crippen MR) is 173 cm³/mol. The minimum Gasteiger partial charge on any atom is -0.423 e. The molecule has 6 heterocycles. The van der Waals surface area contributed by atoms with Gasteiger partial charge in [-0.2, -0.15) is 9.97 Å². The molecule has 0 amide bonds. The average Bonchev–Trinajstić information content (AvgIpc) is 3.84. The second-order valence-electron chi connectivity index (χ2n) is 12.2. The summed E-state index contributed by atoms with van der Waals surface area (Å²) in [6.07, 6.45) is 4.32. The summed E-state index contributed by atoms with van der Waals surface area (Å²) >= 11 is 12.5. The Morgan fingerprint density at radius 3 is 1.55 bits per heavy atom. The SMILES string of the molecule is C[C@H]1CNCCN1c1nc2cc(Cl)cc([C@@H]3CCCO3)c2o1.C[C@H]1CNCCN1c1nc2cc(Cl)cc([C@H]3CCCO3)c2o1. The Labute approximate surface area is 267 Å². The average molecular weight is 644 g/mol. The molecule has 2 aromatic heterocycles. The van der Waals surface area contributed by atoms with Crippen molar-refractivity contribution in [3.8, 4) is 0 Å². The minimum atomic E-state index is 0.0717. The number of halogens is 2. The molecule has 4 aliphatic heterocycles. The summed E-state index contributed by atoms with van der Waals surface area (Å²) in [6.45, 7) is 11.5. The van der Waals surface area contributed by atoms with E-state index in [1.54, 1.807) is 0 Å². The molecular formula is C32H40Cl2N6O4. The molecule has 8 rings (SSSR count). The third kappa shape index (κ3) is 6.12. The summed E-state index contributed by atoms with van der Waals surface area (Å²) in [5.74, 6) is 0. The van der Waals surface area contributed by atoms with Gasteiger partial charge in [0.2, 0.25) is 0 Å². The van der Waals surface area contributed by atoms with Crippen LogP contribution in [0.3, 0.4) is 0 Å². The summed E-state index contributed by atoms with van der Waals surface area (Å²) in [5, 5.41) is 8.13. The summed E-state index contributed by atoms with van der Waals surface area (Å²) < 4.78 is 23.9. The van der Waals surface area contributed by atoms with Crippen molar-refractivity contribution in [2.24, 2.45) is 0 Å². The molecule has 236 valence electrons. The second-order valence-corrected chi connectivity index (χ2v) is 13.0. The van der Waals surface area contributed by atoms with Crippen molar-refractivity contribution in [1.82, 2.24) is 20.6 Å². The molecule has 0 saturated carbocycles. The van der Waals surface area contributed by atoms with Crippen LogP contribution < -0.4 is 20.4 Å². The lowest BCUT2D eigenvalue weighted by Gasteiger charge is -2.32. The molecule has 4 atom stereocenters. The number of benzene rings is 2. The van der Waals surface area contributed by atoms with E-state index in [0.717, 1.165) is 111 Å². The maximum atomic E-state index is 6.27. The smallest absolute Gasteiger partial charge is 0.298 e. The molecule has 0 aliphatic carbocycles. The quantitative estimate of drug-likeness (QED) is 0.265. The fraction of sp³-hybridized carbons (Fsp3) is 0.562. The number of piperazine rings is 2. The van der Waals surface area contributed by atoms with Crippen molar-refractivity contribution in [2.45, 2.75) is 63.8 Å². The van der Waals surface area contributed by atoms with Gasteiger partial charge in [0.05, 0.1) is 12.2 Å². The van der Waals surface area contributed by atoms with Crippen LogP contribution in [0.4, 0.5) is 12.0 Å². The van der Waals surface area contributed by atoms with Crippen molar-refractivity contribution in [3.05, 3.63) is 45.4 Å². The van der Waals surface area contributed by atoms with Crippen LogP contribution in [0.5, 0.6) is 0 Å². The van der Waals surface area contributed by atoms with Gasteiger partial charge in [0.25, 0.3) is 12.0 Å². The largest absolute Gasteiger partial charge is 0.423 e. The number of rotatable bonds is 4. The third-order valence-electron chi connectivity index (χ3n) is 8.99. The number of ether oxygens (including phenoxy) is 2. The molecule has 4 fully saturated rings. The molecule has 4 aromatic rings. The van der Waals surface area contributed by atoms with Gasteiger partial charge in [-0.25, -0.2) is 0 Å². The molecule has 4 saturated heterocycles. The number of nitrogens with one attached hydrogen (secondary N) is 2. The first-order valence-corrected chi connectivity index (χ1v) is 16.6. The Balaban J connectivity index is 0.000000142. The number of oxazole rings is 2. The lowest BCUT2D eigenvalue weighted by atomic mass is 10.1. The Morgan fingerprint density at radius 2 is 1.16 bits per heavy atom. The van der Waals surface area contributed by atoms with Crippen molar-refractivity contribution in [1.29, 1.82) is 0 Å². The Morgan fingerprint density at radius 1 is 0.705 bits per heavy atom. The van der Waals surface area contributed by atoms with E-state index in [-0.39, 0.29) is 12.2 Å². The van der Waals surface area contributed by atoms with Gasteiger partial charge in [-0.15, -0.1) is 0 Å². The standard InChI is InChI=1S/2C16H20ClN3O2/c2*1-10-9-18-4-5-20(10)16-19-13-8-11(17)7-12(15(13)22-16)14-3-2-6-21-14/h2*7-8,10,14,18H,2-6,9H2,1H3/t10-,14+;10-,14-/m00/s1. The van der Waals surface area contributed by atoms with E-state index in [4.69, 9.17) is 41.5 Å². The minimum absolute atomic E-state index is 0.0717. The van der Waals surface area contributed by atoms with Crippen LogP contribution in [0, 0.1) is 0 Å². The molecule has 4 aliphatic rings. The van der Waals surface area contributed by atoms with Crippen molar-refractivity contribution < 1.29 is 18.3 Å². The molecule has 2 aromatic carbocycles. The van der Waals surface area contributed by atoms with Crippen molar-refractivity contribution >= 4 is 57.4 Å². The molecular weight excluding hydrogens is 603 g/mol. The maximum Gasteiger partial charge on any atom is 0.298 e. The summed E-state index contributed by atoms with van der Waals surface area (Å²) in [6, 6.07) is 9.75. The van der Waals surface area contributed by atoms with Crippen LogP contribution in [-0.2, 0) is 9.47 Å². The van der Waals surface area contributed by atoms with Crippen molar-refractivity contribution in [2.75, 3.05) is 62.3 Å². The molecule has 44 heavy (non-hydrogen) atoms. The van der Waals surface area contributed by atoms with E-state index in [0.29, 0.717) is 34.2 Å². The fourth-order valence-corrected chi connectivity index (χ4v) is 7.08. The van der Waals surface area contributed by atoms with E-state index >= 15 is 0 Å². The van der Waals surface area contributed by atoms with E-state index in [2.05, 4.69) is 44.2 Å². The number of anilines is 2. The molecule has 0 bridgehead atoms. The first-order chi connectivity index (χ1) is 21.4. The Hall–Kier alpha value is -2.60. The predicted octanol–water partition coefficient (Wildman–Crippen LogP) is 6.26. The molecule has 0 unspecified atom stereocenters. The normalized spacial score (nSPS) is 26.0.